The summed E-state index contributed by atoms with van der Waals surface area (Å²) in [6, 6.07) is 15.9. The highest BCUT2D eigenvalue weighted by Gasteiger charge is 2.02. The molecule has 0 saturated heterocycles. The number of anilines is 3. The lowest BCUT2D eigenvalue weighted by molar-refractivity contribution is 0.414. The van der Waals surface area contributed by atoms with Gasteiger partial charge in [0.2, 0.25) is 5.95 Å². The summed E-state index contributed by atoms with van der Waals surface area (Å²) in [4.78, 5) is 8.53. The molecule has 0 aliphatic carbocycles. The molecule has 25 heavy (non-hydrogen) atoms. The van der Waals surface area contributed by atoms with Crippen LogP contribution in [-0.4, -0.2) is 23.6 Å². The van der Waals surface area contributed by atoms with Gasteiger partial charge in [0.15, 0.2) is 0 Å². The minimum Gasteiger partial charge on any atom is -0.497 e. The van der Waals surface area contributed by atoms with Crippen LogP contribution in [0.1, 0.15) is 5.56 Å². The van der Waals surface area contributed by atoms with Gasteiger partial charge in [0.25, 0.3) is 0 Å². The molecule has 0 radical (unpaired) electrons. The van der Waals surface area contributed by atoms with E-state index in [2.05, 4.69) is 26.7 Å². The smallest absolute Gasteiger partial charge is 0.229 e. The molecule has 0 fully saturated rings. The predicted octanol–water partition coefficient (Wildman–Crippen LogP) is 4.02. The molecular formula is C19H19FN4O. The van der Waals surface area contributed by atoms with Crippen LogP contribution in [0.5, 0.6) is 5.75 Å². The monoisotopic (exact) mass is 338 g/mol. The minimum atomic E-state index is -0.308. The molecule has 0 bridgehead atoms. The van der Waals surface area contributed by atoms with Crippen LogP contribution in [0.2, 0.25) is 0 Å². The second-order valence-electron chi connectivity index (χ2n) is 5.43. The van der Waals surface area contributed by atoms with Crippen LogP contribution in [0.15, 0.2) is 60.8 Å². The van der Waals surface area contributed by atoms with Gasteiger partial charge in [-0.2, -0.15) is 4.98 Å². The Morgan fingerprint density at radius 3 is 2.80 bits per heavy atom. The van der Waals surface area contributed by atoms with E-state index >= 15 is 0 Å². The van der Waals surface area contributed by atoms with E-state index in [-0.39, 0.29) is 5.82 Å². The summed E-state index contributed by atoms with van der Waals surface area (Å²) in [7, 11) is 1.66. The van der Waals surface area contributed by atoms with Crippen LogP contribution in [0.25, 0.3) is 0 Å². The summed E-state index contributed by atoms with van der Waals surface area (Å²) < 4.78 is 18.5. The van der Waals surface area contributed by atoms with E-state index in [1.54, 1.807) is 31.5 Å². The van der Waals surface area contributed by atoms with E-state index in [1.807, 2.05) is 18.2 Å². The zero-order chi connectivity index (χ0) is 17.5. The third-order valence-electron chi connectivity index (χ3n) is 3.59. The zero-order valence-electron chi connectivity index (χ0n) is 13.9. The number of halogens is 1. The quantitative estimate of drug-likeness (QED) is 0.681. The molecule has 0 atom stereocenters. The predicted molar refractivity (Wildman–Crippen MR) is 96.9 cm³/mol. The molecule has 0 spiro atoms. The molecule has 0 unspecified atom stereocenters. The summed E-state index contributed by atoms with van der Waals surface area (Å²) in [5.74, 6) is 1.66. The van der Waals surface area contributed by atoms with Gasteiger partial charge in [-0.25, -0.2) is 9.37 Å². The maximum absolute atomic E-state index is 13.2. The lowest BCUT2D eigenvalue weighted by Crippen LogP contribution is -2.08. The van der Waals surface area contributed by atoms with Gasteiger partial charge in [-0.3, -0.25) is 0 Å². The summed E-state index contributed by atoms with van der Waals surface area (Å²) in [5, 5.41) is 6.25. The summed E-state index contributed by atoms with van der Waals surface area (Å²) in [6.07, 6.45) is 2.50. The van der Waals surface area contributed by atoms with Gasteiger partial charge < -0.3 is 15.4 Å². The van der Waals surface area contributed by atoms with Gasteiger partial charge in [-0.15, -0.1) is 0 Å². The Morgan fingerprint density at radius 1 is 1.08 bits per heavy atom. The Morgan fingerprint density at radius 2 is 1.96 bits per heavy atom. The normalized spacial score (nSPS) is 10.3. The molecule has 0 amide bonds. The number of aromatic nitrogens is 2. The zero-order valence-corrected chi connectivity index (χ0v) is 13.9. The van der Waals surface area contributed by atoms with Crippen molar-refractivity contribution in [1.29, 1.82) is 0 Å². The van der Waals surface area contributed by atoms with Crippen molar-refractivity contribution in [3.63, 3.8) is 0 Å². The molecular weight excluding hydrogens is 319 g/mol. The standard InChI is InChI=1S/C19H19FN4O/c1-25-17-7-2-4-14(12-17)8-10-21-18-9-11-22-19(24-18)23-16-6-3-5-15(20)13-16/h2-7,9,11-13H,8,10H2,1H3,(H2,21,22,23,24). The van der Waals surface area contributed by atoms with Crippen LogP contribution in [0.3, 0.4) is 0 Å². The molecule has 128 valence electrons. The number of ether oxygens (including phenoxy) is 1. The Bertz CT molecular complexity index is 841. The van der Waals surface area contributed by atoms with E-state index in [4.69, 9.17) is 4.74 Å². The van der Waals surface area contributed by atoms with E-state index in [0.29, 0.717) is 17.5 Å². The van der Waals surface area contributed by atoms with Crippen molar-refractivity contribution in [2.24, 2.45) is 0 Å². The number of rotatable bonds is 7. The van der Waals surface area contributed by atoms with Gasteiger partial charge in [0.05, 0.1) is 7.11 Å². The highest BCUT2D eigenvalue weighted by atomic mass is 19.1. The molecule has 1 aromatic heterocycles. The molecule has 2 N–H and O–H groups in total. The van der Waals surface area contributed by atoms with Crippen LogP contribution in [0, 0.1) is 5.82 Å². The first-order valence-electron chi connectivity index (χ1n) is 7.95. The number of hydrogen-bond acceptors (Lipinski definition) is 5. The third kappa shape index (κ3) is 4.91. The summed E-state index contributed by atoms with van der Waals surface area (Å²) >= 11 is 0. The fourth-order valence-electron chi connectivity index (χ4n) is 2.38. The highest BCUT2D eigenvalue weighted by molar-refractivity contribution is 5.54. The van der Waals surface area contributed by atoms with Gasteiger partial charge in [-0.1, -0.05) is 18.2 Å². The van der Waals surface area contributed by atoms with Crippen LogP contribution < -0.4 is 15.4 Å². The Balaban J connectivity index is 1.58. The average molecular weight is 338 g/mol. The minimum absolute atomic E-state index is 0.308. The van der Waals surface area contributed by atoms with Crippen molar-refractivity contribution in [2.75, 3.05) is 24.3 Å². The first-order valence-corrected chi connectivity index (χ1v) is 7.95. The number of nitrogens with zero attached hydrogens (tertiary/aromatic N) is 2. The van der Waals surface area contributed by atoms with Crippen molar-refractivity contribution in [3.8, 4) is 5.75 Å². The van der Waals surface area contributed by atoms with Gasteiger partial charge >= 0.3 is 0 Å². The van der Waals surface area contributed by atoms with Crippen LogP contribution in [0.4, 0.5) is 21.8 Å². The number of hydrogen-bond donors (Lipinski definition) is 2. The lowest BCUT2D eigenvalue weighted by Gasteiger charge is -2.09. The number of benzene rings is 2. The van der Waals surface area contributed by atoms with E-state index in [1.165, 1.54) is 17.7 Å². The van der Waals surface area contributed by atoms with Crippen molar-refractivity contribution < 1.29 is 9.13 Å². The molecule has 0 aliphatic rings. The Labute approximate surface area is 145 Å². The fourth-order valence-corrected chi connectivity index (χ4v) is 2.38. The van der Waals surface area contributed by atoms with E-state index in [0.717, 1.165) is 18.7 Å². The largest absolute Gasteiger partial charge is 0.497 e. The van der Waals surface area contributed by atoms with Gasteiger partial charge in [0, 0.05) is 18.4 Å². The second kappa shape index (κ2) is 8.10. The highest BCUT2D eigenvalue weighted by Crippen LogP contribution is 2.16. The molecule has 3 rings (SSSR count). The van der Waals surface area contributed by atoms with Crippen LogP contribution >= 0.6 is 0 Å². The SMILES string of the molecule is COc1cccc(CCNc2ccnc(Nc3cccc(F)c3)n2)c1. The maximum Gasteiger partial charge on any atom is 0.229 e. The first-order chi connectivity index (χ1) is 12.2. The molecule has 0 aliphatic heterocycles. The summed E-state index contributed by atoms with van der Waals surface area (Å²) in [6.45, 7) is 0.726. The van der Waals surface area contributed by atoms with E-state index < -0.39 is 0 Å². The van der Waals surface area contributed by atoms with Crippen molar-refractivity contribution >= 4 is 17.5 Å². The van der Waals surface area contributed by atoms with Crippen molar-refractivity contribution in [3.05, 3.63) is 72.2 Å². The lowest BCUT2D eigenvalue weighted by atomic mass is 10.1. The third-order valence-corrected chi connectivity index (χ3v) is 3.59. The Hall–Kier alpha value is -3.15. The molecule has 1 heterocycles. The number of methoxy groups -OCH3 is 1. The van der Waals surface area contributed by atoms with Crippen LogP contribution in [-0.2, 0) is 6.42 Å². The fraction of sp³-hybridized carbons (Fsp3) is 0.158. The summed E-state index contributed by atoms with van der Waals surface area (Å²) in [5.41, 5.74) is 1.78. The second-order valence-corrected chi connectivity index (χ2v) is 5.43. The van der Waals surface area contributed by atoms with Crippen molar-refractivity contribution in [1.82, 2.24) is 9.97 Å². The van der Waals surface area contributed by atoms with Gasteiger partial charge in [-0.05, 0) is 48.4 Å². The van der Waals surface area contributed by atoms with E-state index in [9.17, 15) is 4.39 Å². The Kier molecular flexibility index (Phi) is 5.41. The topological polar surface area (TPSA) is 59.1 Å². The molecule has 2 aromatic carbocycles. The first kappa shape index (κ1) is 16.7. The van der Waals surface area contributed by atoms with Crippen molar-refractivity contribution in [2.45, 2.75) is 6.42 Å². The van der Waals surface area contributed by atoms with Gasteiger partial charge in [0.1, 0.15) is 17.4 Å². The maximum atomic E-state index is 13.2. The molecule has 0 saturated carbocycles. The number of nitrogens with one attached hydrogen (secondary N) is 2. The molecule has 6 heteroatoms. The molecule has 5 nitrogen and oxygen atoms in total. The average Bonchev–Trinajstić information content (AvgIpc) is 2.62. The molecule has 3 aromatic rings.